The number of hydrogen-bond donors (Lipinski definition) is 1. The molecule has 2 nitrogen and oxygen atoms in total. The van der Waals surface area contributed by atoms with Crippen LogP contribution in [0.2, 0.25) is 0 Å². The van der Waals surface area contributed by atoms with Gasteiger partial charge in [0.25, 0.3) is 0 Å². The highest BCUT2D eigenvalue weighted by Crippen LogP contribution is 2.09. The van der Waals surface area contributed by atoms with Crippen LogP contribution in [0.1, 0.15) is 20.8 Å². The first-order valence-electron chi connectivity index (χ1n) is 4.98. The normalized spacial score (nSPS) is 15.8. The summed E-state index contributed by atoms with van der Waals surface area (Å²) >= 11 is 0. The van der Waals surface area contributed by atoms with Crippen molar-refractivity contribution in [2.45, 2.75) is 26.8 Å². The lowest BCUT2D eigenvalue weighted by molar-refractivity contribution is 0.212. The summed E-state index contributed by atoms with van der Waals surface area (Å²) in [6.07, 6.45) is 0. The fourth-order valence-electron chi connectivity index (χ4n) is 1.50. The third kappa shape index (κ3) is 5.06. The molecule has 0 fully saturated rings. The predicted octanol–water partition coefficient (Wildman–Crippen LogP) is 1.74. The molecule has 0 bridgehead atoms. The number of nitrogens with one attached hydrogen (secondary N) is 1. The van der Waals surface area contributed by atoms with Crippen molar-refractivity contribution in [1.29, 1.82) is 0 Å². The van der Waals surface area contributed by atoms with Crippen molar-refractivity contribution in [2.75, 3.05) is 27.2 Å². The van der Waals surface area contributed by atoms with E-state index in [0.717, 1.165) is 13.1 Å². The minimum atomic E-state index is 0.601. The van der Waals surface area contributed by atoms with Crippen molar-refractivity contribution in [3.63, 3.8) is 0 Å². The van der Waals surface area contributed by atoms with Gasteiger partial charge in [0.05, 0.1) is 0 Å². The smallest absolute Gasteiger partial charge is 0.0187 e. The molecule has 0 spiro atoms. The fourth-order valence-corrected chi connectivity index (χ4v) is 1.50. The Hall–Kier alpha value is -0.340. The maximum absolute atomic E-state index is 3.93. The van der Waals surface area contributed by atoms with Crippen LogP contribution in [0.15, 0.2) is 12.2 Å². The van der Waals surface area contributed by atoms with Crippen LogP contribution >= 0.6 is 0 Å². The summed E-state index contributed by atoms with van der Waals surface area (Å²) in [5, 5.41) is 3.21. The lowest BCUT2D eigenvalue weighted by atomic mass is 10.0. The minimum Gasteiger partial charge on any atom is -0.319 e. The van der Waals surface area contributed by atoms with Gasteiger partial charge in [0.15, 0.2) is 0 Å². The van der Waals surface area contributed by atoms with Crippen molar-refractivity contribution in [3.05, 3.63) is 12.2 Å². The first-order valence-corrected chi connectivity index (χ1v) is 4.98. The Bertz CT molecular complexity index is 154. The Morgan fingerprint density at radius 2 is 2.00 bits per heavy atom. The molecule has 0 amide bonds. The van der Waals surface area contributed by atoms with Crippen LogP contribution in [0, 0.1) is 5.92 Å². The molecule has 0 aliphatic carbocycles. The van der Waals surface area contributed by atoms with Gasteiger partial charge in [-0.3, -0.25) is 4.90 Å². The average Bonchev–Trinajstić information content (AvgIpc) is 2.02. The maximum Gasteiger partial charge on any atom is 0.0187 e. The van der Waals surface area contributed by atoms with Gasteiger partial charge in [-0.1, -0.05) is 19.1 Å². The Morgan fingerprint density at radius 3 is 2.38 bits per heavy atom. The summed E-state index contributed by atoms with van der Waals surface area (Å²) in [7, 11) is 4.16. The van der Waals surface area contributed by atoms with E-state index in [1.54, 1.807) is 0 Å². The van der Waals surface area contributed by atoms with Gasteiger partial charge in [-0.25, -0.2) is 0 Å². The first-order chi connectivity index (χ1) is 5.99. The van der Waals surface area contributed by atoms with E-state index in [0.29, 0.717) is 12.0 Å². The quantitative estimate of drug-likeness (QED) is 0.633. The zero-order valence-electron chi connectivity index (χ0n) is 9.72. The van der Waals surface area contributed by atoms with Crippen LogP contribution in [0.5, 0.6) is 0 Å². The maximum atomic E-state index is 3.93. The summed E-state index contributed by atoms with van der Waals surface area (Å²) in [4.78, 5) is 2.35. The van der Waals surface area contributed by atoms with Crippen LogP contribution < -0.4 is 5.32 Å². The van der Waals surface area contributed by atoms with E-state index in [-0.39, 0.29) is 0 Å². The predicted molar refractivity (Wildman–Crippen MR) is 60.0 cm³/mol. The van der Waals surface area contributed by atoms with Crippen LogP contribution in [-0.4, -0.2) is 38.1 Å². The fraction of sp³-hybridized carbons (Fsp3) is 0.818. The molecule has 13 heavy (non-hydrogen) atoms. The van der Waals surface area contributed by atoms with E-state index in [1.807, 2.05) is 7.05 Å². The molecule has 78 valence electrons. The van der Waals surface area contributed by atoms with Gasteiger partial charge in [-0.05, 0) is 40.4 Å². The average molecular weight is 184 g/mol. The molecule has 0 heterocycles. The number of likely N-dealkylation sites (N-methyl/N-ethyl adjacent to an activating group) is 1. The van der Waals surface area contributed by atoms with Gasteiger partial charge in [0.2, 0.25) is 0 Å². The number of nitrogens with zero attached hydrogens (tertiary/aromatic N) is 1. The molecule has 2 atom stereocenters. The molecule has 0 radical (unpaired) electrons. The van der Waals surface area contributed by atoms with Crippen LogP contribution in [0.4, 0.5) is 0 Å². The third-order valence-electron chi connectivity index (χ3n) is 2.56. The molecule has 0 saturated heterocycles. The Labute approximate surface area is 83.0 Å². The van der Waals surface area contributed by atoms with E-state index >= 15 is 0 Å². The molecule has 0 aliphatic rings. The molecule has 0 rings (SSSR count). The molecule has 2 unspecified atom stereocenters. The Kier molecular flexibility index (Phi) is 6.00. The standard InChI is InChI=1S/C11H24N2/c1-9(2)8-13(6)11(4)10(3)7-12-5/h10-12H,1,7-8H2,2-6H3. The second-order valence-electron chi connectivity index (χ2n) is 4.15. The van der Waals surface area contributed by atoms with E-state index in [2.05, 4.69) is 44.6 Å². The molecule has 0 saturated carbocycles. The van der Waals surface area contributed by atoms with Gasteiger partial charge < -0.3 is 5.32 Å². The van der Waals surface area contributed by atoms with E-state index in [4.69, 9.17) is 0 Å². The van der Waals surface area contributed by atoms with E-state index in [1.165, 1.54) is 5.57 Å². The highest BCUT2D eigenvalue weighted by molar-refractivity contribution is 4.92. The van der Waals surface area contributed by atoms with Gasteiger partial charge in [0.1, 0.15) is 0 Å². The third-order valence-corrected chi connectivity index (χ3v) is 2.56. The lowest BCUT2D eigenvalue weighted by Gasteiger charge is -2.29. The van der Waals surface area contributed by atoms with Crippen LogP contribution in [0.3, 0.4) is 0 Å². The second-order valence-corrected chi connectivity index (χ2v) is 4.15. The van der Waals surface area contributed by atoms with Crippen LogP contribution in [0.25, 0.3) is 0 Å². The molecular weight excluding hydrogens is 160 g/mol. The van der Waals surface area contributed by atoms with Crippen molar-refractivity contribution in [3.8, 4) is 0 Å². The Balaban J connectivity index is 3.92. The van der Waals surface area contributed by atoms with Gasteiger partial charge in [-0.15, -0.1) is 0 Å². The summed E-state index contributed by atoms with van der Waals surface area (Å²) in [5.41, 5.74) is 1.23. The highest BCUT2D eigenvalue weighted by Gasteiger charge is 2.15. The van der Waals surface area contributed by atoms with E-state index < -0.39 is 0 Å². The number of hydrogen-bond acceptors (Lipinski definition) is 2. The minimum absolute atomic E-state index is 0.601. The Morgan fingerprint density at radius 1 is 1.46 bits per heavy atom. The highest BCUT2D eigenvalue weighted by atomic mass is 15.1. The van der Waals surface area contributed by atoms with E-state index in [9.17, 15) is 0 Å². The van der Waals surface area contributed by atoms with Crippen molar-refractivity contribution >= 4 is 0 Å². The van der Waals surface area contributed by atoms with Crippen molar-refractivity contribution < 1.29 is 0 Å². The van der Waals surface area contributed by atoms with Gasteiger partial charge in [-0.2, -0.15) is 0 Å². The monoisotopic (exact) mass is 184 g/mol. The molecule has 0 aromatic heterocycles. The molecule has 0 aromatic carbocycles. The first kappa shape index (κ1) is 12.7. The van der Waals surface area contributed by atoms with Crippen molar-refractivity contribution in [2.24, 2.45) is 5.92 Å². The number of rotatable bonds is 6. The van der Waals surface area contributed by atoms with Gasteiger partial charge in [0, 0.05) is 12.6 Å². The topological polar surface area (TPSA) is 15.3 Å². The summed E-state index contributed by atoms with van der Waals surface area (Å²) < 4.78 is 0. The lowest BCUT2D eigenvalue weighted by Crippen LogP contribution is -2.38. The zero-order valence-corrected chi connectivity index (χ0v) is 9.72. The second kappa shape index (κ2) is 6.17. The summed E-state index contributed by atoms with van der Waals surface area (Å²) in [6.45, 7) is 12.6. The van der Waals surface area contributed by atoms with Gasteiger partial charge >= 0.3 is 0 Å². The SMILES string of the molecule is C=C(C)CN(C)C(C)C(C)CNC. The zero-order chi connectivity index (χ0) is 10.4. The summed E-state index contributed by atoms with van der Waals surface area (Å²) in [5.74, 6) is 0.675. The largest absolute Gasteiger partial charge is 0.319 e. The van der Waals surface area contributed by atoms with Crippen molar-refractivity contribution in [1.82, 2.24) is 10.2 Å². The molecule has 2 heteroatoms. The molecule has 0 aliphatic heterocycles. The molecular formula is C11H24N2. The van der Waals surface area contributed by atoms with Crippen LogP contribution in [-0.2, 0) is 0 Å². The summed E-state index contributed by atoms with van der Waals surface area (Å²) in [6, 6.07) is 0.601. The molecule has 0 aromatic rings. The molecule has 1 N–H and O–H groups in total.